The molecule has 0 bridgehead atoms. The van der Waals surface area contributed by atoms with Gasteiger partial charge in [-0.05, 0) is 31.0 Å². The molecule has 2 nitrogen and oxygen atoms in total. The third-order valence-electron chi connectivity index (χ3n) is 4.34. The average molecular weight is 347 g/mol. The summed E-state index contributed by atoms with van der Waals surface area (Å²) in [6.07, 6.45) is 1.40. The highest BCUT2D eigenvalue weighted by molar-refractivity contribution is 9.10. The monoisotopic (exact) mass is 345 g/mol. The topological polar surface area (TPSA) is 21.3 Å². The fraction of sp³-hybridized carbons (Fsp3) is 0.600. The van der Waals surface area contributed by atoms with Gasteiger partial charge in [0.25, 0.3) is 0 Å². The van der Waals surface area contributed by atoms with Crippen molar-refractivity contribution in [1.82, 2.24) is 5.32 Å². The average Bonchev–Trinajstić information content (AvgIpc) is 2.33. The zero-order valence-corrected chi connectivity index (χ0v) is 14.2. The van der Waals surface area contributed by atoms with Gasteiger partial charge in [0.05, 0.1) is 6.10 Å². The van der Waals surface area contributed by atoms with Crippen LogP contribution in [0.1, 0.15) is 38.8 Å². The Morgan fingerprint density at radius 1 is 1.47 bits per heavy atom. The molecule has 0 amide bonds. The van der Waals surface area contributed by atoms with Crippen molar-refractivity contribution in [2.24, 2.45) is 5.41 Å². The molecule has 1 aliphatic carbocycles. The van der Waals surface area contributed by atoms with E-state index in [0.717, 1.165) is 21.5 Å². The first-order valence-corrected chi connectivity index (χ1v) is 7.77. The van der Waals surface area contributed by atoms with Crippen molar-refractivity contribution < 1.29 is 4.74 Å². The van der Waals surface area contributed by atoms with E-state index in [4.69, 9.17) is 16.3 Å². The lowest BCUT2D eigenvalue weighted by Gasteiger charge is -2.52. The Morgan fingerprint density at radius 3 is 2.68 bits per heavy atom. The molecule has 2 rings (SSSR count). The Balaban J connectivity index is 2.04. The summed E-state index contributed by atoms with van der Waals surface area (Å²) in [7, 11) is 1.79. The van der Waals surface area contributed by atoms with Crippen LogP contribution < -0.4 is 5.32 Å². The fourth-order valence-corrected chi connectivity index (χ4v) is 3.65. The number of hydrogen-bond donors (Lipinski definition) is 1. The Morgan fingerprint density at radius 2 is 2.16 bits per heavy atom. The van der Waals surface area contributed by atoms with Crippen LogP contribution in [-0.2, 0) is 4.74 Å². The van der Waals surface area contributed by atoms with Crippen LogP contribution in [0.3, 0.4) is 0 Å². The van der Waals surface area contributed by atoms with Crippen molar-refractivity contribution in [2.75, 3.05) is 7.11 Å². The normalized spacial score (nSPS) is 26.8. The molecule has 1 fully saturated rings. The fourth-order valence-electron chi connectivity index (χ4n) is 2.81. The van der Waals surface area contributed by atoms with Gasteiger partial charge in [-0.3, -0.25) is 0 Å². The summed E-state index contributed by atoms with van der Waals surface area (Å²) in [4.78, 5) is 0. The molecule has 0 radical (unpaired) electrons. The predicted molar refractivity (Wildman–Crippen MR) is 83.7 cm³/mol. The number of ether oxygens (including phenoxy) is 1. The van der Waals surface area contributed by atoms with E-state index < -0.39 is 0 Å². The first kappa shape index (κ1) is 15.3. The lowest BCUT2D eigenvalue weighted by Crippen LogP contribution is -2.60. The van der Waals surface area contributed by atoms with E-state index in [9.17, 15) is 0 Å². The van der Waals surface area contributed by atoms with E-state index >= 15 is 0 Å². The van der Waals surface area contributed by atoms with Crippen LogP contribution >= 0.6 is 27.5 Å². The van der Waals surface area contributed by atoms with Crippen LogP contribution in [0.15, 0.2) is 22.7 Å². The Hall–Kier alpha value is -0.0900. The van der Waals surface area contributed by atoms with Crippen molar-refractivity contribution in [1.29, 1.82) is 0 Å². The van der Waals surface area contributed by atoms with Crippen molar-refractivity contribution >= 4 is 27.5 Å². The molecule has 0 spiro atoms. The van der Waals surface area contributed by atoms with Crippen LogP contribution in [0.25, 0.3) is 0 Å². The molecule has 1 aromatic carbocycles. The van der Waals surface area contributed by atoms with Gasteiger partial charge in [0.2, 0.25) is 0 Å². The molecule has 1 saturated carbocycles. The smallest absolute Gasteiger partial charge is 0.0652 e. The summed E-state index contributed by atoms with van der Waals surface area (Å²) < 4.78 is 6.50. The van der Waals surface area contributed by atoms with Crippen LogP contribution in [0, 0.1) is 5.41 Å². The molecular formula is C15H21BrClNO. The standard InChI is InChI=1S/C15H21BrClNO/c1-9(11-6-5-10(16)7-12(11)17)18-13-8-14(19-4)15(13,2)3/h5-7,9,13-14,18H,8H2,1-4H3. The Bertz CT molecular complexity index is 463. The second kappa shape index (κ2) is 5.72. The summed E-state index contributed by atoms with van der Waals surface area (Å²) in [5.74, 6) is 0. The molecule has 1 aromatic rings. The van der Waals surface area contributed by atoms with Gasteiger partial charge in [0.15, 0.2) is 0 Å². The zero-order valence-electron chi connectivity index (χ0n) is 11.8. The van der Waals surface area contributed by atoms with Crippen molar-refractivity contribution in [3.8, 4) is 0 Å². The van der Waals surface area contributed by atoms with Gasteiger partial charge in [-0.25, -0.2) is 0 Å². The minimum absolute atomic E-state index is 0.171. The number of nitrogens with one attached hydrogen (secondary N) is 1. The van der Waals surface area contributed by atoms with Crippen molar-refractivity contribution in [3.63, 3.8) is 0 Å². The minimum atomic E-state index is 0.171. The quantitative estimate of drug-likeness (QED) is 0.862. The largest absolute Gasteiger partial charge is 0.381 e. The maximum Gasteiger partial charge on any atom is 0.0652 e. The predicted octanol–water partition coefficient (Wildman–Crippen LogP) is 4.57. The van der Waals surface area contributed by atoms with Gasteiger partial charge in [0, 0.05) is 34.1 Å². The molecule has 0 saturated heterocycles. The van der Waals surface area contributed by atoms with Gasteiger partial charge in [0.1, 0.15) is 0 Å². The molecular weight excluding hydrogens is 326 g/mol. The molecule has 1 aliphatic rings. The van der Waals surface area contributed by atoms with E-state index in [2.05, 4.69) is 48.1 Å². The number of halogens is 2. The summed E-state index contributed by atoms with van der Waals surface area (Å²) in [5.41, 5.74) is 1.31. The van der Waals surface area contributed by atoms with Gasteiger partial charge < -0.3 is 10.1 Å². The van der Waals surface area contributed by atoms with E-state index in [0.29, 0.717) is 12.1 Å². The van der Waals surface area contributed by atoms with Gasteiger partial charge >= 0.3 is 0 Å². The third kappa shape index (κ3) is 2.99. The molecule has 3 unspecified atom stereocenters. The molecule has 4 heteroatoms. The highest BCUT2D eigenvalue weighted by atomic mass is 79.9. The summed E-state index contributed by atoms with van der Waals surface area (Å²) in [5, 5.41) is 4.47. The summed E-state index contributed by atoms with van der Waals surface area (Å²) in [6, 6.07) is 6.75. The third-order valence-corrected chi connectivity index (χ3v) is 5.16. The molecule has 0 heterocycles. The van der Waals surface area contributed by atoms with Crippen LogP contribution in [0.2, 0.25) is 5.02 Å². The molecule has 106 valence electrons. The molecule has 19 heavy (non-hydrogen) atoms. The summed E-state index contributed by atoms with van der Waals surface area (Å²) >= 11 is 9.74. The number of methoxy groups -OCH3 is 1. The number of hydrogen-bond acceptors (Lipinski definition) is 2. The minimum Gasteiger partial charge on any atom is -0.381 e. The van der Waals surface area contributed by atoms with Crippen LogP contribution in [0.5, 0.6) is 0 Å². The number of rotatable bonds is 4. The second-order valence-corrected chi connectivity index (χ2v) is 7.21. The van der Waals surface area contributed by atoms with Gasteiger partial charge in [-0.15, -0.1) is 0 Å². The van der Waals surface area contributed by atoms with Crippen molar-refractivity contribution in [3.05, 3.63) is 33.3 Å². The maximum absolute atomic E-state index is 6.30. The first-order valence-electron chi connectivity index (χ1n) is 6.60. The summed E-state index contributed by atoms with van der Waals surface area (Å²) in [6.45, 7) is 6.65. The second-order valence-electron chi connectivity index (χ2n) is 5.89. The van der Waals surface area contributed by atoms with E-state index in [1.54, 1.807) is 7.11 Å². The lowest BCUT2D eigenvalue weighted by molar-refractivity contribution is -0.0999. The Labute approximate surface area is 129 Å². The van der Waals surface area contributed by atoms with Crippen LogP contribution in [0.4, 0.5) is 0 Å². The van der Waals surface area contributed by atoms with E-state index in [1.807, 2.05) is 12.1 Å². The molecule has 0 aromatic heterocycles. The maximum atomic E-state index is 6.30. The van der Waals surface area contributed by atoms with Crippen LogP contribution in [-0.4, -0.2) is 19.3 Å². The lowest BCUT2D eigenvalue weighted by atomic mass is 9.64. The van der Waals surface area contributed by atoms with E-state index in [-0.39, 0.29) is 11.5 Å². The van der Waals surface area contributed by atoms with E-state index in [1.165, 1.54) is 0 Å². The highest BCUT2D eigenvalue weighted by Gasteiger charge is 2.48. The van der Waals surface area contributed by atoms with Crippen molar-refractivity contribution in [2.45, 2.75) is 45.4 Å². The Kier molecular flexibility index (Phi) is 4.61. The first-order chi connectivity index (χ1) is 8.86. The molecule has 0 aliphatic heterocycles. The highest BCUT2D eigenvalue weighted by Crippen LogP contribution is 2.43. The van der Waals surface area contributed by atoms with Gasteiger partial charge in [-0.1, -0.05) is 47.4 Å². The SMILES string of the molecule is COC1CC(NC(C)c2ccc(Br)cc2Cl)C1(C)C. The number of benzene rings is 1. The molecule has 1 N–H and O–H groups in total. The molecule has 3 atom stereocenters. The van der Waals surface area contributed by atoms with Gasteiger partial charge in [-0.2, -0.15) is 0 Å². The zero-order chi connectivity index (χ0) is 14.2.